The Kier molecular flexibility index (Phi) is 2.99. The van der Waals surface area contributed by atoms with E-state index in [-0.39, 0.29) is 0 Å². The van der Waals surface area contributed by atoms with Gasteiger partial charge in [-0.2, -0.15) is 4.98 Å². The lowest BCUT2D eigenvalue weighted by atomic mass is 10.3. The predicted molar refractivity (Wildman–Crippen MR) is 59.1 cm³/mol. The van der Waals surface area contributed by atoms with Crippen LogP contribution >= 0.6 is 0 Å². The summed E-state index contributed by atoms with van der Waals surface area (Å²) in [5.74, 6) is 1.16. The fourth-order valence-corrected chi connectivity index (χ4v) is 1.22. The third kappa shape index (κ3) is 2.77. The molecule has 7 heteroatoms. The molecule has 2 rings (SSSR count). The molecule has 0 spiro atoms. The highest BCUT2D eigenvalue weighted by molar-refractivity contribution is 5.92. The van der Waals surface area contributed by atoms with Crippen LogP contribution in [0.5, 0.6) is 0 Å². The van der Waals surface area contributed by atoms with Gasteiger partial charge < -0.3 is 15.6 Å². The Hall–Kier alpha value is -2.44. The summed E-state index contributed by atoms with van der Waals surface area (Å²) in [6.45, 7) is 2.12. The molecule has 1 amide bonds. The van der Waals surface area contributed by atoms with Crippen molar-refractivity contribution in [1.29, 1.82) is 0 Å². The molecule has 2 heterocycles. The van der Waals surface area contributed by atoms with Gasteiger partial charge in [0, 0.05) is 6.20 Å². The Morgan fingerprint density at radius 2 is 2.35 bits per heavy atom. The van der Waals surface area contributed by atoms with Gasteiger partial charge in [0.25, 0.3) is 0 Å². The summed E-state index contributed by atoms with van der Waals surface area (Å²) in [4.78, 5) is 18.9. The molecule has 88 valence electrons. The summed E-state index contributed by atoms with van der Waals surface area (Å²) < 4.78 is 4.92. The fourth-order valence-electron chi connectivity index (χ4n) is 1.22. The van der Waals surface area contributed by atoms with Gasteiger partial charge >= 0.3 is 0 Å². The van der Waals surface area contributed by atoms with E-state index in [9.17, 15) is 4.79 Å². The molecule has 3 N–H and O–H groups in total. The maximum absolute atomic E-state index is 10.8. The smallest absolute Gasteiger partial charge is 0.250 e. The SMILES string of the molecule is Cc1noc(CNc2ccc(C(N)=O)cn2)n1. The number of nitrogens with zero attached hydrogens (tertiary/aromatic N) is 3. The van der Waals surface area contributed by atoms with E-state index < -0.39 is 5.91 Å². The Morgan fingerprint density at radius 1 is 1.53 bits per heavy atom. The number of rotatable bonds is 4. The predicted octanol–water partition coefficient (Wildman–Crippen LogP) is 0.484. The molecular formula is C10H11N5O2. The highest BCUT2D eigenvalue weighted by atomic mass is 16.5. The van der Waals surface area contributed by atoms with Crippen LogP contribution in [0.3, 0.4) is 0 Å². The summed E-state index contributed by atoms with van der Waals surface area (Å²) >= 11 is 0. The Balaban J connectivity index is 1.97. The summed E-state index contributed by atoms with van der Waals surface area (Å²) in [6.07, 6.45) is 1.41. The standard InChI is InChI=1S/C10H11N5O2/c1-6-14-9(17-15-6)5-13-8-3-2-7(4-12-8)10(11)16/h2-4H,5H2,1H3,(H2,11,16)(H,12,13). The average Bonchev–Trinajstić information content (AvgIpc) is 2.73. The van der Waals surface area contributed by atoms with Crippen LogP contribution in [-0.2, 0) is 6.54 Å². The van der Waals surface area contributed by atoms with Gasteiger partial charge in [0.1, 0.15) is 5.82 Å². The minimum absolute atomic E-state index is 0.365. The molecule has 0 bridgehead atoms. The number of primary amides is 1. The number of carbonyl (C=O) groups is 1. The Morgan fingerprint density at radius 3 is 2.88 bits per heavy atom. The molecule has 2 aromatic heterocycles. The van der Waals surface area contributed by atoms with E-state index in [1.54, 1.807) is 19.1 Å². The second-order valence-electron chi connectivity index (χ2n) is 3.39. The molecule has 17 heavy (non-hydrogen) atoms. The van der Waals surface area contributed by atoms with Crippen molar-refractivity contribution in [2.45, 2.75) is 13.5 Å². The first-order valence-corrected chi connectivity index (χ1v) is 4.94. The highest BCUT2D eigenvalue weighted by Crippen LogP contribution is 2.06. The van der Waals surface area contributed by atoms with Gasteiger partial charge in [0.15, 0.2) is 5.82 Å². The lowest BCUT2D eigenvalue weighted by Crippen LogP contribution is -2.11. The van der Waals surface area contributed by atoms with Gasteiger partial charge in [0.05, 0.1) is 12.1 Å². The maximum Gasteiger partial charge on any atom is 0.250 e. The summed E-state index contributed by atoms with van der Waals surface area (Å²) in [7, 11) is 0. The van der Waals surface area contributed by atoms with Crippen LogP contribution in [0.4, 0.5) is 5.82 Å². The van der Waals surface area contributed by atoms with Crippen LogP contribution in [0.15, 0.2) is 22.9 Å². The van der Waals surface area contributed by atoms with Gasteiger partial charge in [-0.05, 0) is 19.1 Å². The van der Waals surface area contributed by atoms with Crippen LogP contribution in [0.1, 0.15) is 22.1 Å². The second-order valence-corrected chi connectivity index (χ2v) is 3.39. The van der Waals surface area contributed by atoms with E-state index in [2.05, 4.69) is 20.4 Å². The molecule has 0 atom stereocenters. The average molecular weight is 233 g/mol. The van der Waals surface area contributed by atoms with Crippen molar-refractivity contribution in [3.63, 3.8) is 0 Å². The number of nitrogens with one attached hydrogen (secondary N) is 1. The number of carbonyl (C=O) groups excluding carboxylic acids is 1. The molecule has 0 fully saturated rings. The zero-order valence-corrected chi connectivity index (χ0v) is 9.17. The van der Waals surface area contributed by atoms with Crippen molar-refractivity contribution in [2.24, 2.45) is 5.73 Å². The number of aryl methyl sites for hydroxylation is 1. The minimum Gasteiger partial charge on any atom is -0.366 e. The number of hydrogen-bond acceptors (Lipinski definition) is 6. The van der Waals surface area contributed by atoms with Gasteiger partial charge in [-0.25, -0.2) is 4.98 Å². The van der Waals surface area contributed by atoms with Gasteiger partial charge in [-0.3, -0.25) is 4.79 Å². The molecule has 0 saturated heterocycles. The Bertz CT molecular complexity index is 520. The second kappa shape index (κ2) is 4.60. The lowest BCUT2D eigenvalue weighted by Gasteiger charge is -2.02. The largest absolute Gasteiger partial charge is 0.366 e. The van der Waals surface area contributed by atoms with E-state index in [1.165, 1.54) is 6.20 Å². The van der Waals surface area contributed by atoms with Gasteiger partial charge in [-0.15, -0.1) is 0 Å². The third-order valence-electron chi connectivity index (χ3n) is 2.04. The quantitative estimate of drug-likeness (QED) is 0.795. The number of nitrogens with two attached hydrogens (primary N) is 1. The molecule has 0 aliphatic carbocycles. The summed E-state index contributed by atoms with van der Waals surface area (Å²) in [5.41, 5.74) is 5.46. The molecule has 0 aliphatic heterocycles. The molecule has 0 saturated carbocycles. The van der Waals surface area contributed by atoms with Gasteiger partial charge in [-0.1, -0.05) is 5.16 Å². The molecular weight excluding hydrogens is 222 g/mol. The van der Waals surface area contributed by atoms with Crippen molar-refractivity contribution in [2.75, 3.05) is 5.32 Å². The third-order valence-corrected chi connectivity index (χ3v) is 2.04. The number of pyridine rings is 1. The van der Waals surface area contributed by atoms with E-state index in [4.69, 9.17) is 10.3 Å². The highest BCUT2D eigenvalue weighted by Gasteiger charge is 2.04. The molecule has 0 aliphatic rings. The van der Waals surface area contributed by atoms with Crippen LogP contribution in [0.2, 0.25) is 0 Å². The molecule has 0 radical (unpaired) electrons. The molecule has 2 aromatic rings. The van der Waals surface area contributed by atoms with Crippen molar-refractivity contribution in [3.8, 4) is 0 Å². The lowest BCUT2D eigenvalue weighted by molar-refractivity contribution is 0.1000. The first-order valence-electron chi connectivity index (χ1n) is 4.94. The van der Waals surface area contributed by atoms with E-state index in [0.29, 0.717) is 29.6 Å². The topological polar surface area (TPSA) is 107 Å². The van der Waals surface area contributed by atoms with Crippen LogP contribution in [0, 0.1) is 6.92 Å². The molecule has 7 nitrogen and oxygen atoms in total. The summed E-state index contributed by atoms with van der Waals surface area (Å²) in [6, 6.07) is 3.25. The maximum atomic E-state index is 10.8. The van der Waals surface area contributed by atoms with E-state index in [0.717, 1.165) is 0 Å². The van der Waals surface area contributed by atoms with Crippen LogP contribution < -0.4 is 11.1 Å². The van der Waals surface area contributed by atoms with Crippen molar-refractivity contribution in [1.82, 2.24) is 15.1 Å². The van der Waals surface area contributed by atoms with Crippen molar-refractivity contribution >= 4 is 11.7 Å². The zero-order chi connectivity index (χ0) is 12.3. The molecule has 0 unspecified atom stereocenters. The van der Waals surface area contributed by atoms with Crippen LogP contribution in [-0.4, -0.2) is 21.0 Å². The van der Waals surface area contributed by atoms with Crippen molar-refractivity contribution in [3.05, 3.63) is 35.6 Å². The first kappa shape index (κ1) is 11.1. The van der Waals surface area contributed by atoms with Crippen LogP contribution in [0.25, 0.3) is 0 Å². The number of anilines is 1. The van der Waals surface area contributed by atoms with E-state index >= 15 is 0 Å². The van der Waals surface area contributed by atoms with Gasteiger partial charge in [0.2, 0.25) is 11.8 Å². The fraction of sp³-hybridized carbons (Fsp3) is 0.200. The van der Waals surface area contributed by atoms with E-state index in [1.807, 2.05) is 0 Å². The zero-order valence-electron chi connectivity index (χ0n) is 9.17. The van der Waals surface area contributed by atoms with Crippen molar-refractivity contribution < 1.29 is 9.32 Å². The first-order chi connectivity index (χ1) is 8.15. The summed E-state index contributed by atoms with van der Waals surface area (Å²) in [5, 5.41) is 6.64. The monoisotopic (exact) mass is 233 g/mol. The number of hydrogen-bond donors (Lipinski definition) is 2. The Labute approximate surface area is 97.0 Å². The molecule has 0 aromatic carbocycles. The number of amides is 1. The number of aromatic nitrogens is 3. The normalized spacial score (nSPS) is 10.2. The minimum atomic E-state index is -0.503.